The lowest BCUT2D eigenvalue weighted by atomic mass is 10.2. The van der Waals surface area contributed by atoms with E-state index in [-0.39, 0.29) is 0 Å². The highest BCUT2D eigenvalue weighted by Gasteiger charge is 2.12. The molecule has 0 saturated carbocycles. The zero-order chi connectivity index (χ0) is 11.9. The highest BCUT2D eigenvalue weighted by atomic mass is 16.5. The van der Waals surface area contributed by atoms with Crippen LogP contribution in [0.4, 0.5) is 0 Å². The Morgan fingerprint density at radius 2 is 2.35 bits per heavy atom. The Bertz CT molecular complexity index is 335. The maximum Gasteiger partial charge on any atom is 0.217 e. The fourth-order valence-electron chi connectivity index (χ4n) is 2.11. The molecular weight excluding hydrogens is 214 g/mol. The second-order valence-electron chi connectivity index (χ2n) is 4.28. The van der Waals surface area contributed by atoms with Gasteiger partial charge in [0.1, 0.15) is 0 Å². The van der Waals surface area contributed by atoms with Crippen LogP contribution in [-0.2, 0) is 6.54 Å². The molecule has 2 heterocycles. The molecule has 1 N–H and O–H groups in total. The topological polar surface area (TPSA) is 37.4 Å². The molecule has 1 fully saturated rings. The SMILES string of the molecule is CCOc1ncccc1CN1CCCNCC1. The van der Waals surface area contributed by atoms with Crippen LogP contribution in [0, 0.1) is 0 Å². The van der Waals surface area contributed by atoms with Crippen molar-refractivity contribution in [3.8, 4) is 5.88 Å². The van der Waals surface area contributed by atoms with Gasteiger partial charge in [-0.05, 0) is 32.5 Å². The Hall–Kier alpha value is -1.13. The van der Waals surface area contributed by atoms with Gasteiger partial charge < -0.3 is 10.1 Å². The van der Waals surface area contributed by atoms with Crippen LogP contribution < -0.4 is 10.1 Å². The van der Waals surface area contributed by atoms with E-state index in [1.807, 2.05) is 13.0 Å². The summed E-state index contributed by atoms with van der Waals surface area (Å²) in [5.41, 5.74) is 1.19. The summed E-state index contributed by atoms with van der Waals surface area (Å²) in [6, 6.07) is 4.09. The minimum Gasteiger partial charge on any atom is -0.478 e. The van der Waals surface area contributed by atoms with E-state index in [9.17, 15) is 0 Å². The summed E-state index contributed by atoms with van der Waals surface area (Å²) in [7, 11) is 0. The second kappa shape index (κ2) is 6.57. The first-order chi connectivity index (χ1) is 8.40. The number of ether oxygens (including phenoxy) is 1. The van der Waals surface area contributed by atoms with Crippen molar-refractivity contribution in [3.05, 3.63) is 23.9 Å². The van der Waals surface area contributed by atoms with E-state index in [0.29, 0.717) is 6.61 Å². The molecule has 1 aromatic rings. The first kappa shape index (κ1) is 12.3. The van der Waals surface area contributed by atoms with Gasteiger partial charge in [-0.2, -0.15) is 0 Å². The smallest absolute Gasteiger partial charge is 0.217 e. The molecule has 2 rings (SSSR count). The van der Waals surface area contributed by atoms with Crippen molar-refractivity contribution in [3.63, 3.8) is 0 Å². The van der Waals surface area contributed by atoms with E-state index in [2.05, 4.69) is 21.3 Å². The predicted octanol–water partition coefficient (Wildman–Crippen LogP) is 1.28. The van der Waals surface area contributed by atoms with E-state index >= 15 is 0 Å². The van der Waals surface area contributed by atoms with Crippen LogP contribution in [0.3, 0.4) is 0 Å². The van der Waals surface area contributed by atoms with Gasteiger partial charge in [0.2, 0.25) is 5.88 Å². The van der Waals surface area contributed by atoms with E-state index in [1.54, 1.807) is 6.20 Å². The second-order valence-corrected chi connectivity index (χ2v) is 4.28. The molecule has 1 aliphatic heterocycles. The van der Waals surface area contributed by atoms with Crippen LogP contribution in [0.2, 0.25) is 0 Å². The van der Waals surface area contributed by atoms with Crippen molar-refractivity contribution in [2.24, 2.45) is 0 Å². The summed E-state index contributed by atoms with van der Waals surface area (Å²) in [4.78, 5) is 6.75. The van der Waals surface area contributed by atoms with Crippen molar-refractivity contribution in [1.29, 1.82) is 0 Å². The van der Waals surface area contributed by atoms with Crippen molar-refractivity contribution in [2.45, 2.75) is 19.9 Å². The summed E-state index contributed by atoms with van der Waals surface area (Å²) < 4.78 is 5.56. The first-order valence-corrected chi connectivity index (χ1v) is 6.40. The first-order valence-electron chi connectivity index (χ1n) is 6.40. The summed E-state index contributed by atoms with van der Waals surface area (Å²) in [6.45, 7) is 8.05. The molecule has 0 unspecified atom stereocenters. The Balaban J connectivity index is 2.00. The van der Waals surface area contributed by atoms with Crippen molar-refractivity contribution in [2.75, 3.05) is 32.8 Å². The molecule has 0 bridgehead atoms. The molecule has 0 amide bonds. The zero-order valence-electron chi connectivity index (χ0n) is 10.5. The summed E-state index contributed by atoms with van der Waals surface area (Å²) in [5, 5.41) is 3.41. The number of aromatic nitrogens is 1. The van der Waals surface area contributed by atoms with Gasteiger partial charge in [0, 0.05) is 31.4 Å². The monoisotopic (exact) mass is 235 g/mol. The average molecular weight is 235 g/mol. The molecule has 4 nitrogen and oxygen atoms in total. The van der Waals surface area contributed by atoms with Gasteiger partial charge in [0.15, 0.2) is 0 Å². The van der Waals surface area contributed by atoms with Gasteiger partial charge >= 0.3 is 0 Å². The average Bonchev–Trinajstić information content (AvgIpc) is 2.61. The van der Waals surface area contributed by atoms with Crippen molar-refractivity contribution < 1.29 is 4.74 Å². The Labute approximate surface area is 103 Å². The predicted molar refractivity (Wildman–Crippen MR) is 68.2 cm³/mol. The van der Waals surface area contributed by atoms with Crippen LogP contribution in [0.25, 0.3) is 0 Å². The maximum absolute atomic E-state index is 5.56. The third kappa shape index (κ3) is 3.68. The Morgan fingerprint density at radius 3 is 3.24 bits per heavy atom. The molecular formula is C13H21N3O. The minimum atomic E-state index is 0.672. The lowest BCUT2D eigenvalue weighted by Gasteiger charge is -2.20. The summed E-state index contributed by atoms with van der Waals surface area (Å²) >= 11 is 0. The quantitative estimate of drug-likeness (QED) is 0.853. The maximum atomic E-state index is 5.56. The number of hydrogen-bond acceptors (Lipinski definition) is 4. The summed E-state index contributed by atoms with van der Waals surface area (Å²) in [6.07, 6.45) is 3.00. The zero-order valence-corrected chi connectivity index (χ0v) is 10.5. The number of hydrogen-bond donors (Lipinski definition) is 1. The third-order valence-corrected chi connectivity index (χ3v) is 2.96. The molecule has 0 aliphatic carbocycles. The van der Waals surface area contributed by atoms with Gasteiger partial charge in [0.05, 0.1) is 6.61 Å². The highest BCUT2D eigenvalue weighted by Crippen LogP contribution is 2.16. The van der Waals surface area contributed by atoms with Crippen LogP contribution in [0.15, 0.2) is 18.3 Å². The van der Waals surface area contributed by atoms with Crippen LogP contribution in [-0.4, -0.2) is 42.7 Å². The molecule has 1 aliphatic rings. The van der Waals surface area contributed by atoms with Crippen LogP contribution >= 0.6 is 0 Å². The van der Waals surface area contributed by atoms with E-state index < -0.39 is 0 Å². The fourth-order valence-corrected chi connectivity index (χ4v) is 2.11. The van der Waals surface area contributed by atoms with E-state index in [0.717, 1.165) is 38.6 Å². The lowest BCUT2D eigenvalue weighted by Crippen LogP contribution is -2.27. The fraction of sp³-hybridized carbons (Fsp3) is 0.615. The van der Waals surface area contributed by atoms with Crippen molar-refractivity contribution >= 4 is 0 Å². The largest absolute Gasteiger partial charge is 0.478 e. The molecule has 0 atom stereocenters. The van der Waals surface area contributed by atoms with Crippen LogP contribution in [0.1, 0.15) is 18.9 Å². The van der Waals surface area contributed by atoms with Gasteiger partial charge in [-0.25, -0.2) is 4.98 Å². The van der Waals surface area contributed by atoms with Crippen molar-refractivity contribution in [1.82, 2.24) is 15.2 Å². The molecule has 1 aromatic heterocycles. The van der Waals surface area contributed by atoms with E-state index in [4.69, 9.17) is 4.74 Å². The molecule has 4 heteroatoms. The highest BCUT2D eigenvalue weighted by molar-refractivity contribution is 5.25. The van der Waals surface area contributed by atoms with E-state index in [1.165, 1.54) is 12.0 Å². The number of nitrogens with one attached hydrogen (secondary N) is 1. The number of nitrogens with zero attached hydrogens (tertiary/aromatic N) is 2. The van der Waals surface area contributed by atoms with Gasteiger partial charge in [0.25, 0.3) is 0 Å². The van der Waals surface area contributed by atoms with Gasteiger partial charge in [-0.3, -0.25) is 4.90 Å². The molecule has 94 valence electrons. The van der Waals surface area contributed by atoms with Gasteiger partial charge in [-0.1, -0.05) is 6.07 Å². The third-order valence-electron chi connectivity index (χ3n) is 2.96. The molecule has 1 saturated heterocycles. The molecule has 0 spiro atoms. The van der Waals surface area contributed by atoms with Gasteiger partial charge in [-0.15, -0.1) is 0 Å². The Morgan fingerprint density at radius 1 is 1.41 bits per heavy atom. The normalized spacial score (nSPS) is 17.7. The lowest BCUT2D eigenvalue weighted by molar-refractivity contribution is 0.269. The standard InChI is InChI=1S/C13H21N3O/c1-2-17-13-12(5-3-7-15-13)11-16-9-4-6-14-8-10-16/h3,5,7,14H,2,4,6,8-11H2,1H3. The Kier molecular flexibility index (Phi) is 4.76. The minimum absolute atomic E-state index is 0.672. The number of pyridine rings is 1. The summed E-state index contributed by atoms with van der Waals surface area (Å²) in [5.74, 6) is 0.784. The molecule has 17 heavy (non-hydrogen) atoms. The number of rotatable bonds is 4. The van der Waals surface area contributed by atoms with Crippen LogP contribution in [0.5, 0.6) is 5.88 Å². The molecule has 0 aromatic carbocycles. The molecule has 0 radical (unpaired) electrons.